The van der Waals surface area contributed by atoms with Crippen LogP contribution in [0.25, 0.3) is 6.08 Å². The zero-order valence-corrected chi connectivity index (χ0v) is 14.0. The number of ether oxygens (including phenoxy) is 3. The largest absolute Gasteiger partial charge is 0.493 e. The molecule has 6 nitrogen and oxygen atoms in total. The standard InChI is InChI=1S/C19H14FNO5/c1-24-17-10-12(9-13(11-21)18(22)25-2)7-8-16(17)26-19(23)14-5-3-4-6-15(14)20/h3-10H,1-2H3/b13-9+. The minimum atomic E-state index is -0.878. The van der Waals surface area contributed by atoms with E-state index in [9.17, 15) is 14.0 Å². The van der Waals surface area contributed by atoms with E-state index in [4.69, 9.17) is 14.7 Å². The summed E-state index contributed by atoms with van der Waals surface area (Å²) in [6, 6.07) is 11.5. The van der Waals surface area contributed by atoms with Crippen molar-refractivity contribution in [1.29, 1.82) is 5.26 Å². The van der Waals surface area contributed by atoms with Crippen LogP contribution in [-0.4, -0.2) is 26.2 Å². The number of esters is 2. The third-order valence-corrected chi connectivity index (χ3v) is 3.32. The van der Waals surface area contributed by atoms with Crippen molar-refractivity contribution in [2.45, 2.75) is 0 Å². The average Bonchev–Trinajstić information content (AvgIpc) is 2.66. The summed E-state index contributed by atoms with van der Waals surface area (Å²) in [5.41, 5.74) is 0.0381. The molecule has 0 bridgehead atoms. The number of carbonyl (C=O) groups is 2. The first-order valence-corrected chi connectivity index (χ1v) is 7.35. The van der Waals surface area contributed by atoms with E-state index in [2.05, 4.69) is 4.74 Å². The molecule has 132 valence electrons. The van der Waals surface area contributed by atoms with E-state index in [0.29, 0.717) is 5.56 Å². The Kier molecular flexibility index (Phi) is 6.06. The van der Waals surface area contributed by atoms with Crippen LogP contribution in [-0.2, 0) is 9.53 Å². The molecule has 0 radical (unpaired) electrons. The van der Waals surface area contributed by atoms with Gasteiger partial charge in [-0.2, -0.15) is 5.26 Å². The minimum absolute atomic E-state index is 0.0643. The first kappa shape index (κ1) is 18.7. The highest BCUT2D eigenvalue weighted by molar-refractivity contribution is 5.98. The van der Waals surface area contributed by atoms with Crippen molar-refractivity contribution >= 4 is 18.0 Å². The molecule has 2 rings (SSSR count). The molecule has 0 saturated carbocycles. The Morgan fingerprint density at radius 1 is 1.12 bits per heavy atom. The molecule has 0 aliphatic carbocycles. The maximum Gasteiger partial charge on any atom is 0.348 e. The summed E-state index contributed by atoms with van der Waals surface area (Å²) in [6.45, 7) is 0. The molecular formula is C19H14FNO5. The summed E-state index contributed by atoms with van der Waals surface area (Å²) in [4.78, 5) is 23.6. The van der Waals surface area contributed by atoms with Crippen molar-refractivity contribution in [2.75, 3.05) is 14.2 Å². The van der Waals surface area contributed by atoms with Crippen LogP contribution in [0.15, 0.2) is 48.0 Å². The topological polar surface area (TPSA) is 85.6 Å². The van der Waals surface area contributed by atoms with Crippen molar-refractivity contribution in [1.82, 2.24) is 0 Å². The highest BCUT2D eigenvalue weighted by atomic mass is 19.1. The molecule has 0 atom stereocenters. The number of halogens is 1. The summed E-state index contributed by atoms with van der Waals surface area (Å²) >= 11 is 0. The third-order valence-electron chi connectivity index (χ3n) is 3.32. The first-order valence-electron chi connectivity index (χ1n) is 7.35. The van der Waals surface area contributed by atoms with Gasteiger partial charge in [0.2, 0.25) is 0 Å². The number of nitrogens with zero attached hydrogens (tertiary/aromatic N) is 1. The number of carbonyl (C=O) groups excluding carboxylic acids is 2. The van der Waals surface area contributed by atoms with Crippen LogP contribution in [0.1, 0.15) is 15.9 Å². The lowest BCUT2D eigenvalue weighted by Gasteiger charge is -2.10. The van der Waals surface area contributed by atoms with E-state index >= 15 is 0 Å². The van der Waals surface area contributed by atoms with Gasteiger partial charge in [-0.1, -0.05) is 18.2 Å². The number of rotatable bonds is 5. The second-order valence-corrected chi connectivity index (χ2v) is 4.94. The Balaban J connectivity index is 2.31. The monoisotopic (exact) mass is 355 g/mol. The fourth-order valence-corrected chi connectivity index (χ4v) is 2.05. The molecule has 0 aromatic heterocycles. The quantitative estimate of drug-likeness (QED) is 0.354. The summed E-state index contributed by atoms with van der Waals surface area (Å²) < 4.78 is 28.5. The maximum absolute atomic E-state index is 13.7. The molecule has 0 unspecified atom stereocenters. The van der Waals surface area contributed by atoms with Crippen LogP contribution in [0.4, 0.5) is 4.39 Å². The Hall–Kier alpha value is -3.66. The zero-order valence-electron chi connectivity index (χ0n) is 14.0. The zero-order chi connectivity index (χ0) is 19.1. The SMILES string of the molecule is COC(=O)/C(C#N)=C/c1ccc(OC(=O)c2ccccc2F)c(OC)c1. The number of benzene rings is 2. The second-order valence-electron chi connectivity index (χ2n) is 4.94. The van der Waals surface area contributed by atoms with Crippen molar-refractivity contribution < 1.29 is 28.2 Å². The van der Waals surface area contributed by atoms with E-state index < -0.39 is 17.8 Å². The Morgan fingerprint density at radius 3 is 2.46 bits per heavy atom. The molecule has 0 spiro atoms. The number of nitriles is 1. The van der Waals surface area contributed by atoms with Crippen LogP contribution in [0, 0.1) is 17.1 Å². The van der Waals surface area contributed by atoms with Gasteiger partial charge >= 0.3 is 11.9 Å². The maximum atomic E-state index is 13.7. The van der Waals surface area contributed by atoms with Gasteiger partial charge in [-0.05, 0) is 35.9 Å². The molecule has 0 aliphatic heterocycles. The lowest BCUT2D eigenvalue weighted by molar-refractivity contribution is -0.135. The Bertz CT molecular complexity index is 914. The summed E-state index contributed by atoms with van der Waals surface area (Å²) in [7, 11) is 2.52. The molecule has 0 saturated heterocycles. The predicted octanol–water partition coefficient (Wildman–Crippen LogP) is 3.13. The molecule has 26 heavy (non-hydrogen) atoms. The fraction of sp³-hybridized carbons (Fsp3) is 0.105. The van der Waals surface area contributed by atoms with Gasteiger partial charge in [0.05, 0.1) is 19.8 Å². The van der Waals surface area contributed by atoms with Gasteiger partial charge in [-0.15, -0.1) is 0 Å². The molecule has 2 aromatic rings. The van der Waals surface area contributed by atoms with Crippen LogP contribution in [0.3, 0.4) is 0 Å². The van der Waals surface area contributed by atoms with Crippen LogP contribution >= 0.6 is 0 Å². The van der Waals surface area contributed by atoms with Crippen molar-refractivity contribution in [2.24, 2.45) is 0 Å². The molecular weight excluding hydrogens is 341 g/mol. The van der Waals surface area contributed by atoms with Gasteiger partial charge in [0.1, 0.15) is 17.5 Å². The molecule has 2 aromatic carbocycles. The van der Waals surface area contributed by atoms with Gasteiger partial charge in [-0.3, -0.25) is 0 Å². The molecule has 0 amide bonds. The number of hydrogen-bond donors (Lipinski definition) is 0. The van der Waals surface area contributed by atoms with Gasteiger partial charge in [0.25, 0.3) is 0 Å². The highest BCUT2D eigenvalue weighted by Crippen LogP contribution is 2.30. The van der Waals surface area contributed by atoms with Crippen LogP contribution in [0.2, 0.25) is 0 Å². The molecule has 0 aliphatic rings. The molecule has 0 fully saturated rings. The Labute approximate surface area is 149 Å². The lowest BCUT2D eigenvalue weighted by atomic mass is 10.1. The normalized spacial score (nSPS) is 10.6. The third kappa shape index (κ3) is 4.24. The van der Waals surface area contributed by atoms with Gasteiger partial charge in [-0.25, -0.2) is 14.0 Å². The van der Waals surface area contributed by atoms with Crippen molar-refractivity contribution in [3.63, 3.8) is 0 Å². The van der Waals surface area contributed by atoms with Gasteiger partial charge in [0, 0.05) is 0 Å². The van der Waals surface area contributed by atoms with E-state index in [0.717, 1.165) is 6.07 Å². The fourth-order valence-electron chi connectivity index (χ4n) is 2.05. The molecule has 7 heteroatoms. The summed E-state index contributed by atoms with van der Waals surface area (Å²) in [6.07, 6.45) is 1.30. The average molecular weight is 355 g/mol. The minimum Gasteiger partial charge on any atom is -0.493 e. The van der Waals surface area contributed by atoms with Crippen molar-refractivity contribution in [3.05, 3.63) is 65.0 Å². The van der Waals surface area contributed by atoms with E-state index in [1.807, 2.05) is 0 Å². The Morgan fingerprint density at radius 2 is 1.85 bits per heavy atom. The number of methoxy groups -OCH3 is 2. The van der Waals surface area contributed by atoms with Crippen molar-refractivity contribution in [3.8, 4) is 17.6 Å². The lowest BCUT2D eigenvalue weighted by Crippen LogP contribution is -2.11. The number of hydrogen-bond acceptors (Lipinski definition) is 6. The summed E-state index contributed by atoms with van der Waals surface area (Å²) in [5.74, 6) is -2.12. The highest BCUT2D eigenvalue weighted by Gasteiger charge is 2.16. The van der Waals surface area contributed by atoms with E-state index in [-0.39, 0.29) is 22.6 Å². The van der Waals surface area contributed by atoms with Gasteiger partial charge < -0.3 is 14.2 Å². The first-order chi connectivity index (χ1) is 12.5. The molecule has 0 N–H and O–H groups in total. The van der Waals surface area contributed by atoms with Gasteiger partial charge in [0.15, 0.2) is 11.5 Å². The van der Waals surface area contributed by atoms with E-state index in [1.54, 1.807) is 6.07 Å². The predicted molar refractivity (Wildman–Crippen MR) is 90.0 cm³/mol. The van der Waals surface area contributed by atoms with Crippen LogP contribution < -0.4 is 9.47 Å². The summed E-state index contributed by atoms with van der Waals surface area (Å²) in [5, 5.41) is 8.99. The second kappa shape index (κ2) is 8.44. The molecule has 0 heterocycles. The smallest absolute Gasteiger partial charge is 0.348 e. The van der Waals surface area contributed by atoms with E-state index in [1.165, 1.54) is 56.7 Å². The van der Waals surface area contributed by atoms with Crippen LogP contribution in [0.5, 0.6) is 11.5 Å².